The van der Waals surface area contributed by atoms with E-state index in [1.165, 1.54) is 12.8 Å². The van der Waals surface area contributed by atoms with Gasteiger partial charge in [-0.25, -0.2) is 0 Å². The van der Waals surface area contributed by atoms with Gasteiger partial charge >= 0.3 is 0 Å². The first kappa shape index (κ1) is 16.3. The average molecular weight is 304 g/mol. The highest BCUT2D eigenvalue weighted by atomic mass is 16.5. The smallest absolute Gasteiger partial charge is 0.240 e. The van der Waals surface area contributed by atoms with Gasteiger partial charge in [-0.3, -0.25) is 9.59 Å². The minimum atomic E-state index is -0.665. The molecule has 0 spiro atoms. The highest BCUT2D eigenvalue weighted by molar-refractivity contribution is 5.86. The van der Waals surface area contributed by atoms with Crippen molar-refractivity contribution >= 4 is 11.8 Å². The summed E-state index contributed by atoms with van der Waals surface area (Å²) in [5, 5.41) is 2.78. The molecule has 0 aliphatic heterocycles. The zero-order chi connectivity index (χ0) is 15.9. The number of carbonyl (C=O) groups is 2. The monoisotopic (exact) mass is 304 g/mol. The summed E-state index contributed by atoms with van der Waals surface area (Å²) in [6, 6.07) is 6.74. The molecule has 5 heteroatoms. The lowest BCUT2D eigenvalue weighted by Gasteiger charge is -2.17. The molecule has 2 rings (SSSR count). The molecule has 120 valence electrons. The van der Waals surface area contributed by atoms with Gasteiger partial charge in [0.25, 0.3) is 0 Å². The lowest BCUT2D eigenvalue weighted by atomic mass is 10.0. The van der Waals surface area contributed by atoms with Crippen LogP contribution in [0.2, 0.25) is 0 Å². The van der Waals surface area contributed by atoms with Crippen LogP contribution in [0.4, 0.5) is 0 Å². The maximum absolute atomic E-state index is 12.1. The number of nitrogens with two attached hydrogens (primary N) is 1. The third-order valence-electron chi connectivity index (χ3n) is 4.23. The molecule has 0 radical (unpaired) electrons. The highest BCUT2D eigenvalue weighted by Crippen LogP contribution is 2.27. The fraction of sp³-hybridized carbons (Fsp3) is 0.529. The van der Waals surface area contributed by atoms with Crippen molar-refractivity contribution in [2.75, 3.05) is 7.11 Å². The number of benzene rings is 1. The molecule has 0 unspecified atom stereocenters. The van der Waals surface area contributed by atoms with Gasteiger partial charge in [-0.15, -0.1) is 0 Å². The fourth-order valence-electron chi connectivity index (χ4n) is 2.95. The second-order valence-electron chi connectivity index (χ2n) is 5.93. The van der Waals surface area contributed by atoms with Gasteiger partial charge in [0.05, 0.1) is 7.11 Å². The van der Waals surface area contributed by atoms with Crippen LogP contribution < -0.4 is 15.8 Å². The van der Waals surface area contributed by atoms with E-state index in [1.807, 2.05) is 24.3 Å². The topological polar surface area (TPSA) is 81.4 Å². The molecule has 1 aromatic carbocycles. The van der Waals surface area contributed by atoms with Gasteiger partial charge in [-0.05, 0) is 36.5 Å². The molecular formula is C17H24N2O3. The van der Waals surface area contributed by atoms with E-state index < -0.39 is 11.9 Å². The number of hydrogen-bond donors (Lipinski definition) is 2. The minimum Gasteiger partial charge on any atom is -0.497 e. The van der Waals surface area contributed by atoms with Gasteiger partial charge in [0, 0.05) is 12.8 Å². The summed E-state index contributed by atoms with van der Waals surface area (Å²) >= 11 is 0. The maximum Gasteiger partial charge on any atom is 0.240 e. The van der Waals surface area contributed by atoms with Crippen LogP contribution in [-0.2, 0) is 16.0 Å². The Labute approximate surface area is 131 Å². The molecule has 0 bridgehead atoms. The van der Waals surface area contributed by atoms with Crippen molar-refractivity contribution in [3.05, 3.63) is 29.8 Å². The molecule has 1 saturated carbocycles. The van der Waals surface area contributed by atoms with Crippen molar-refractivity contribution in [2.24, 2.45) is 11.7 Å². The zero-order valence-electron chi connectivity index (χ0n) is 13.0. The molecule has 0 aromatic heterocycles. The standard InChI is InChI=1S/C17H24N2O3/c1-22-14-8-6-13(7-9-14)10-15(17(18)21)19-16(20)11-12-4-2-3-5-12/h6-9,12,15H,2-5,10-11H2,1H3,(H2,18,21)(H,19,20)/t15-/m1/s1. The number of carbonyl (C=O) groups excluding carboxylic acids is 2. The lowest BCUT2D eigenvalue weighted by Crippen LogP contribution is -2.46. The zero-order valence-corrected chi connectivity index (χ0v) is 13.0. The van der Waals surface area contributed by atoms with Gasteiger partial charge in [0.15, 0.2) is 0 Å². The van der Waals surface area contributed by atoms with Crippen LogP contribution >= 0.6 is 0 Å². The summed E-state index contributed by atoms with van der Waals surface area (Å²) in [4.78, 5) is 23.6. The predicted octanol–water partition coefficient (Wildman–Crippen LogP) is 1.79. The summed E-state index contributed by atoms with van der Waals surface area (Å²) in [6.07, 6.45) is 5.49. The van der Waals surface area contributed by atoms with Crippen molar-refractivity contribution in [2.45, 2.75) is 44.6 Å². The molecule has 1 aliphatic rings. The quantitative estimate of drug-likeness (QED) is 0.805. The van der Waals surface area contributed by atoms with Crippen LogP contribution in [0.3, 0.4) is 0 Å². The van der Waals surface area contributed by atoms with Gasteiger partial charge in [0.1, 0.15) is 11.8 Å². The Balaban J connectivity index is 1.90. The molecule has 0 heterocycles. The average Bonchev–Trinajstić information content (AvgIpc) is 3.00. The molecule has 22 heavy (non-hydrogen) atoms. The molecule has 1 fully saturated rings. The first-order valence-corrected chi connectivity index (χ1v) is 7.80. The fourth-order valence-corrected chi connectivity index (χ4v) is 2.95. The number of amides is 2. The summed E-state index contributed by atoms with van der Waals surface area (Å²) in [5.74, 6) is 0.624. The predicted molar refractivity (Wildman–Crippen MR) is 84.4 cm³/mol. The molecule has 1 aliphatic carbocycles. The normalized spacial score (nSPS) is 16.2. The van der Waals surface area contributed by atoms with Gasteiger partial charge < -0.3 is 15.8 Å². The van der Waals surface area contributed by atoms with Crippen molar-refractivity contribution < 1.29 is 14.3 Å². The molecule has 0 saturated heterocycles. The minimum absolute atomic E-state index is 0.0794. The molecule has 3 N–H and O–H groups in total. The van der Waals surface area contributed by atoms with E-state index in [2.05, 4.69) is 5.32 Å². The Morgan fingerprint density at radius 3 is 2.45 bits per heavy atom. The van der Waals surface area contributed by atoms with E-state index in [4.69, 9.17) is 10.5 Å². The Morgan fingerprint density at radius 2 is 1.91 bits per heavy atom. The van der Waals surface area contributed by atoms with Crippen LogP contribution in [-0.4, -0.2) is 25.0 Å². The SMILES string of the molecule is COc1ccc(C[C@@H](NC(=O)CC2CCCC2)C(N)=O)cc1. The number of rotatable bonds is 7. The van der Waals surface area contributed by atoms with Crippen molar-refractivity contribution in [1.29, 1.82) is 0 Å². The van der Waals surface area contributed by atoms with Gasteiger partial charge in [-0.2, -0.15) is 0 Å². The Bertz CT molecular complexity index is 507. The number of ether oxygens (including phenoxy) is 1. The number of hydrogen-bond acceptors (Lipinski definition) is 3. The van der Waals surface area contributed by atoms with E-state index >= 15 is 0 Å². The lowest BCUT2D eigenvalue weighted by molar-refractivity contribution is -0.127. The third kappa shape index (κ3) is 4.76. The first-order chi connectivity index (χ1) is 10.6. The van der Waals surface area contributed by atoms with E-state index in [1.54, 1.807) is 7.11 Å². The van der Waals surface area contributed by atoms with Crippen LogP contribution in [0.15, 0.2) is 24.3 Å². The number of nitrogens with one attached hydrogen (secondary N) is 1. The van der Waals surface area contributed by atoms with Crippen molar-refractivity contribution in [3.8, 4) is 5.75 Å². The summed E-state index contributed by atoms with van der Waals surface area (Å²) < 4.78 is 5.10. The van der Waals surface area contributed by atoms with Crippen LogP contribution in [0.1, 0.15) is 37.7 Å². The Morgan fingerprint density at radius 1 is 1.27 bits per heavy atom. The van der Waals surface area contributed by atoms with Gasteiger partial charge in [0.2, 0.25) is 11.8 Å². The summed E-state index contributed by atoms with van der Waals surface area (Å²) in [6.45, 7) is 0. The van der Waals surface area contributed by atoms with Crippen molar-refractivity contribution in [3.63, 3.8) is 0 Å². The van der Waals surface area contributed by atoms with Crippen LogP contribution in [0.5, 0.6) is 5.75 Å². The van der Waals surface area contributed by atoms with E-state index in [9.17, 15) is 9.59 Å². The number of primary amides is 1. The van der Waals surface area contributed by atoms with Crippen LogP contribution in [0, 0.1) is 5.92 Å². The summed E-state index contributed by atoms with van der Waals surface area (Å²) in [5.41, 5.74) is 6.35. The Hall–Kier alpha value is -2.04. The Kier molecular flexibility index (Phi) is 5.81. The van der Waals surface area contributed by atoms with E-state index in [0.29, 0.717) is 18.8 Å². The second-order valence-corrected chi connectivity index (χ2v) is 5.93. The second kappa shape index (κ2) is 7.82. The molecule has 1 atom stereocenters. The maximum atomic E-state index is 12.1. The number of methoxy groups -OCH3 is 1. The van der Waals surface area contributed by atoms with Crippen molar-refractivity contribution in [1.82, 2.24) is 5.32 Å². The van der Waals surface area contributed by atoms with E-state index in [0.717, 1.165) is 24.2 Å². The largest absolute Gasteiger partial charge is 0.497 e. The van der Waals surface area contributed by atoms with E-state index in [-0.39, 0.29) is 5.91 Å². The highest BCUT2D eigenvalue weighted by Gasteiger charge is 2.22. The molecule has 5 nitrogen and oxygen atoms in total. The molecule has 2 amide bonds. The third-order valence-corrected chi connectivity index (χ3v) is 4.23. The molecular weight excluding hydrogens is 280 g/mol. The van der Waals surface area contributed by atoms with Crippen LogP contribution in [0.25, 0.3) is 0 Å². The first-order valence-electron chi connectivity index (χ1n) is 7.80. The summed E-state index contributed by atoms with van der Waals surface area (Å²) in [7, 11) is 1.60. The van der Waals surface area contributed by atoms with Gasteiger partial charge in [-0.1, -0.05) is 25.0 Å². The molecule has 1 aromatic rings.